The molecule has 1 amide bonds. The molecule has 0 unspecified atom stereocenters. The van der Waals surface area contributed by atoms with Gasteiger partial charge in [0.15, 0.2) is 0 Å². The zero-order valence-electron chi connectivity index (χ0n) is 8.56. The maximum atomic E-state index is 11.4. The lowest BCUT2D eigenvalue weighted by Gasteiger charge is -2.19. The fourth-order valence-corrected chi connectivity index (χ4v) is 2.68. The van der Waals surface area contributed by atoms with E-state index in [1.165, 1.54) is 11.3 Å². The van der Waals surface area contributed by atoms with E-state index in [0.29, 0.717) is 9.34 Å². The fraction of sp³-hybridized carbons (Fsp3) is 0.444. The third-order valence-corrected chi connectivity index (χ3v) is 3.34. The number of anilines is 1. The van der Waals surface area contributed by atoms with Crippen LogP contribution in [0.15, 0.2) is 10.5 Å². The summed E-state index contributed by atoms with van der Waals surface area (Å²) < 4.78 is 6.46. The number of carbonyl (C=O) groups excluding carboxylic acids is 1. The SMILES string of the molecule is CC(C)(C)OC(=O)Nc1sc(Cl)cc1Br. The maximum absolute atomic E-state index is 11.4. The van der Waals surface area contributed by atoms with Crippen LogP contribution in [-0.2, 0) is 4.74 Å². The van der Waals surface area contributed by atoms with E-state index in [2.05, 4.69) is 21.2 Å². The smallest absolute Gasteiger partial charge is 0.412 e. The number of thiophene rings is 1. The topological polar surface area (TPSA) is 38.3 Å². The third-order valence-electron chi connectivity index (χ3n) is 1.27. The van der Waals surface area contributed by atoms with E-state index in [1.54, 1.807) is 6.07 Å². The van der Waals surface area contributed by atoms with Crippen LogP contribution in [0.5, 0.6) is 0 Å². The van der Waals surface area contributed by atoms with Gasteiger partial charge in [-0.2, -0.15) is 0 Å². The summed E-state index contributed by atoms with van der Waals surface area (Å²) in [6, 6.07) is 1.72. The second-order valence-electron chi connectivity index (χ2n) is 3.85. The highest BCUT2D eigenvalue weighted by Crippen LogP contribution is 2.35. The molecule has 0 aromatic carbocycles. The van der Waals surface area contributed by atoms with Crippen molar-refractivity contribution in [2.24, 2.45) is 0 Å². The second-order valence-corrected chi connectivity index (χ2v) is 6.39. The number of hydrogen-bond acceptors (Lipinski definition) is 3. The monoisotopic (exact) mass is 311 g/mol. The van der Waals surface area contributed by atoms with Crippen molar-refractivity contribution < 1.29 is 9.53 Å². The number of ether oxygens (including phenoxy) is 1. The highest BCUT2D eigenvalue weighted by atomic mass is 79.9. The van der Waals surface area contributed by atoms with Crippen molar-refractivity contribution in [1.29, 1.82) is 0 Å². The molecule has 0 radical (unpaired) electrons. The Morgan fingerprint density at radius 2 is 2.20 bits per heavy atom. The first-order chi connectivity index (χ1) is 6.78. The van der Waals surface area contributed by atoms with Gasteiger partial charge in [-0.25, -0.2) is 4.79 Å². The summed E-state index contributed by atoms with van der Waals surface area (Å²) in [4.78, 5) is 11.4. The van der Waals surface area contributed by atoms with Crippen LogP contribution in [0.25, 0.3) is 0 Å². The Bertz CT molecular complexity index is 373. The van der Waals surface area contributed by atoms with Gasteiger partial charge in [-0.1, -0.05) is 11.6 Å². The van der Waals surface area contributed by atoms with E-state index >= 15 is 0 Å². The molecule has 0 aliphatic carbocycles. The molecular weight excluding hydrogens is 302 g/mol. The van der Waals surface area contributed by atoms with Crippen LogP contribution in [0, 0.1) is 0 Å². The summed E-state index contributed by atoms with van der Waals surface area (Å²) in [5.41, 5.74) is -0.502. The molecule has 0 bridgehead atoms. The molecular formula is C9H11BrClNO2S. The molecule has 1 aromatic rings. The van der Waals surface area contributed by atoms with Gasteiger partial charge in [0, 0.05) is 0 Å². The summed E-state index contributed by atoms with van der Waals surface area (Å²) >= 11 is 10.3. The lowest BCUT2D eigenvalue weighted by Crippen LogP contribution is -2.27. The minimum Gasteiger partial charge on any atom is -0.444 e. The van der Waals surface area contributed by atoms with Crippen LogP contribution in [-0.4, -0.2) is 11.7 Å². The minimum atomic E-state index is -0.502. The highest BCUT2D eigenvalue weighted by molar-refractivity contribution is 9.10. The maximum Gasteiger partial charge on any atom is 0.412 e. The van der Waals surface area contributed by atoms with Crippen molar-refractivity contribution in [3.63, 3.8) is 0 Å². The molecule has 0 aliphatic rings. The molecule has 15 heavy (non-hydrogen) atoms. The summed E-state index contributed by atoms with van der Waals surface area (Å²) in [6.45, 7) is 5.43. The Morgan fingerprint density at radius 1 is 1.60 bits per heavy atom. The molecule has 0 atom stereocenters. The Labute approximate surface area is 106 Å². The first kappa shape index (κ1) is 12.8. The number of halogens is 2. The van der Waals surface area contributed by atoms with Crippen LogP contribution in [0.1, 0.15) is 20.8 Å². The van der Waals surface area contributed by atoms with Gasteiger partial charge in [0.1, 0.15) is 10.6 Å². The minimum absolute atomic E-state index is 0.485. The molecule has 0 saturated heterocycles. The van der Waals surface area contributed by atoms with E-state index in [0.717, 1.165) is 4.47 Å². The Morgan fingerprint density at radius 3 is 2.60 bits per heavy atom. The van der Waals surface area contributed by atoms with Gasteiger partial charge in [0.2, 0.25) is 0 Å². The highest BCUT2D eigenvalue weighted by Gasteiger charge is 2.17. The standard InChI is InChI=1S/C9H11BrClNO2S/c1-9(2,3)14-8(13)12-7-5(10)4-6(11)15-7/h4H,1-3H3,(H,12,13). The quantitative estimate of drug-likeness (QED) is 0.828. The normalized spacial score (nSPS) is 11.3. The zero-order valence-corrected chi connectivity index (χ0v) is 11.7. The van der Waals surface area contributed by atoms with Crippen molar-refractivity contribution in [3.05, 3.63) is 14.9 Å². The molecule has 1 N–H and O–H groups in total. The number of rotatable bonds is 1. The molecule has 3 nitrogen and oxygen atoms in total. The molecule has 0 saturated carbocycles. The lowest BCUT2D eigenvalue weighted by molar-refractivity contribution is 0.0636. The molecule has 84 valence electrons. The summed E-state index contributed by atoms with van der Waals surface area (Å²) in [6.07, 6.45) is -0.485. The third kappa shape index (κ3) is 4.40. The van der Waals surface area contributed by atoms with Gasteiger partial charge in [-0.15, -0.1) is 11.3 Å². The molecule has 1 rings (SSSR count). The summed E-state index contributed by atoms with van der Waals surface area (Å²) in [7, 11) is 0. The average molecular weight is 313 g/mol. The number of carbonyl (C=O) groups is 1. The van der Waals surface area contributed by atoms with Gasteiger partial charge in [-0.05, 0) is 42.8 Å². The van der Waals surface area contributed by atoms with Crippen LogP contribution in [0.3, 0.4) is 0 Å². The summed E-state index contributed by atoms with van der Waals surface area (Å²) in [5.74, 6) is 0. The van der Waals surface area contributed by atoms with Gasteiger partial charge < -0.3 is 4.74 Å². The molecule has 0 aliphatic heterocycles. The summed E-state index contributed by atoms with van der Waals surface area (Å²) in [5, 5.41) is 3.26. The molecule has 0 spiro atoms. The Hall–Kier alpha value is -0.260. The van der Waals surface area contributed by atoms with Gasteiger partial charge in [0.05, 0.1) is 8.81 Å². The number of amides is 1. The van der Waals surface area contributed by atoms with Crippen LogP contribution >= 0.6 is 38.9 Å². The Kier molecular flexibility index (Phi) is 4.03. The van der Waals surface area contributed by atoms with Gasteiger partial charge in [-0.3, -0.25) is 5.32 Å². The van der Waals surface area contributed by atoms with E-state index < -0.39 is 11.7 Å². The zero-order chi connectivity index (χ0) is 11.6. The van der Waals surface area contributed by atoms with E-state index in [4.69, 9.17) is 16.3 Å². The Balaban J connectivity index is 2.63. The van der Waals surface area contributed by atoms with Gasteiger partial charge in [0.25, 0.3) is 0 Å². The lowest BCUT2D eigenvalue weighted by atomic mass is 10.2. The van der Waals surface area contributed by atoms with Crippen molar-refractivity contribution in [3.8, 4) is 0 Å². The van der Waals surface area contributed by atoms with Crippen molar-refractivity contribution >= 4 is 50.0 Å². The van der Waals surface area contributed by atoms with Gasteiger partial charge >= 0.3 is 6.09 Å². The predicted octanol–water partition coefficient (Wildman–Crippen LogP) is 4.51. The van der Waals surface area contributed by atoms with Crippen molar-refractivity contribution in [2.45, 2.75) is 26.4 Å². The first-order valence-corrected chi connectivity index (χ1v) is 6.21. The predicted molar refractivity (Wildman–Crippen MR) is 66.9 cm³/mol. The number of nitrogens with one attached hydrogen (secondary N) is 1. The van der Waals surface area contributed by atoms with Crippen molar-refractivity contribution in [1.82, 2.24) is 0 Å². The number of hydrogen-bond donors (Lipinski definition) is 1. The van der Waals surface area contributed by atoms with E-state index in [-0.39, 0.29) is 0 Å². The molecule has 1 aromatic heterocycles. The van der Waals surface area contributed by atoms with Crippen LogP contribution in [0.4, 0.5) is 9.80 Å². The molecule has 1 heterocycles. The van der Waals surface area contributed by atoms with Crippen LogP contribution < -0.4 is 5.32 Å². The van der Waals surface area contributed by atoms with Crippen molar-refractivity contribution in [2.75, 3.05) is 5.32 Å². The van der Waals surface area contributed by atoms with Crippen LogP contribution in [0.2, 0.25) is 4.34 Å². The average Bonchev–Trinajstić information content (AvgIpc) is 2.25. The fourth-order valence-electron chi connectivity index (χ4n) is 0.822. The molecule has 0 fully saturated rings. The van der Waals surface area contributed by atoms with E-state index in [1.807, 2.05) is 20.8 Å². The second kappa shape index (κ2) is 4.72. The largest absolute Gasteiger partial charge is 0.444 e. The molecule has 6 heteroatoms. The van der Waals surface area contributed by atoms with E-state index in [9.17, 15) is 4.79 Å². The first-order valence-electron chi connectivity index (χ1n) is 4.23.